The Morgan fingerprint density at radius 1 is 1.60 bits per heavy atom. The first kappa shape index (κ1) is 19.7. The largest absolute Gasteiger partial charge is 0.665 e. The van der Waals surface area contributed by atoms with Crippen LogP contribution in [0.2, 0.25) is 0 Å². The van der Waals surface area contributed by atoms with Crippen LogP contribution in [0.5, 0.6) is 0 Å². The molecule has 3 nitrogen and oxygen atoms in total. The van der Waals surface area contributed by atoms with Gasteiger partial charge in [-0.3, -0.25) is 0 Å². The molecule has 0 aromatic carbocycles. The van der Waals surface area contributed by atoms with E-state index in [0.29, 0.717) is 6.47 Å². The molecule has 0 aliphatic heterocycles. The van der Waals surface area contributed by atoms with Gasteiger partial charge < -0.3 is 16.1 Å². The Kier molecular flexibility index (Phi) is 134. The fraction of sp³-hybridized carbons (Fsp3) is 0. The predicted molar refractivity (Wildman–Crippen MR) is 13.3 cm³/mol. The van der Waals surface area contributed by atoms with Gasteiger partial charge in [-0.25, -0.2) is 0 Å². The maximum absolute atomic E-state index is 8.24. The zero-order valence-electron chi connectivity index (χ0n) is 2.77. The second-order valence-electron chi connectivity index (χ2n) is 0.0913. The summed E-state index contributed by atoms with van der Waals surface area (Å²) >= 11 is 0. The minimum Gasteiger partial charge on any atom is -0.665 e. The van der Waals surface area contributed by atoms with Gasteiger partial charge in [-0.2, -0.15) is 0 Å². The normalized spacial score (nSPS) is 2.40. The minimum absolute atomic E-state index is 0. The fourth-order valence-electron chi connectivity index (χ4n) is 0. The molecule has 0 unspecified atom stereocenters. The zero-order valence-corrected chi connectivity index (χ0v) is 5.74. The van der Waals surface area contributed by atoms with Crippen molar-refractivity contribution in [2.75, 3.05) is 0 Å². The van der Waals surface area contributed by atoms with Crippen LogP contribution in [0.25, 0.3) is 0 Å². The van der Waals surface area contributed by atoms with Gasteiger partial charge >= 0.3 is 0 Å². The summed E-state index contributed by atoms with van der Waals surface area (Å²) < 4.78 is 0. The van der Waals surface area contributed by atoms with Crippen LogP contribution in [0, 0.1) is 0 Å². The maximum atomic E-state index is 8.24. The topological polar surface area (TPSA) is 72.3 Å². The van der Waals surface area contributed by atoms with Gasteiger partial charge in [-0.15, -0.1) is 0 Å². The molecule has 0 aliphatic rings. The molecule has 0 saturated heterocycles. The van der Waals surface area contributed by atoms with Crippen molar-refractivity contribution < 1.29 is 29.4 Å². The second kappa shape index (κ2) is 34.1. The Hall–Kier alpha value is 0.0534. The third-order valence-electron chi connectivity index (χ3n) is 0. The Morgan fingerprint density at radius 2 is 1.60 bits per heavy atom. The third kappa shape index (κ3) is 6000. The van der Waals surface area contributed by atoms with E-state index in [1.165, 1.54) is 0 Å². The van der Waals surface area contributed by atoms with E-state index < -0.39 is 0 Å². The molecule has 28 valence electrons. The quantitative estimate of drug-likeness (QED) is 0.349. The van der Waals surface area contributed by atoms with Crippen LogP contribution in [-0.4, -0.2) is 11.6 Å². The van der Waals surface area contributed by atoms with Gasteiger partial charge in [0.25, 0.3) is 0 Å². The monoisotopic (exact) mass is 126 g/mol. The Morgan fingerprint density at radius 3 is 1.60 bits per heavy atom. The summed E-state index contributed by atoms with van der Waals surface area (Å²) in [7, 11) is 0. The van der Waals surface area contributed by atoms with Crippen LogP contribution in [0.4, 0.5) is 0 Å². The van der Waals surface area contributed by atoms with Gasteiger partial charge in [0, 0.05) is 19.5 Å². The molecular formula is CH4NO2Zn-. The zero-order chi connectivity index (χ0) is 2.71. The third-order valence-corrected chi connectivity index (χ3v) is 0. The standard InChI is InChI=1S/CHO2.H3N.Zn/c2-1-3;;/h(H,2,3);1H3;/q-1;;. The molecule has 0 aromatic rings. The first-order chi connectivity index (χ1) is 1.41. The first-order valence-corrected chi connectivity index (χ1v) is 0.428. The molecule has 0 atom stereocenters. The van der Waals surface area contributed by atoms with E-state index in [9.17, 15) is 0 Å². The van der Waals surface area contributed by atoms with Crippen LogP contribution >= 0.6 is 0 Å². The average Bonchev–Trinajstić information content (AvgIpc) is 0.918. The first-order valence-electron chi connectivity index (χ1n) is 0.428. The summed E-state index contributed by atoms with van der Waals surface area (Å²) in [5.41, 5.74) is 0. The van der Waals surface area contributed by atoms with E-state index in [1.54, 1.807) is 0 Å². The van der Waals surface area contributed by atoms with Crippen LogP contribution in [0.3, 0.4) is 0 Å². The van der Waals surface area contributed by atoms with Gasteiger partial charge in [-0.05, 0) is 0 Å². The predicted octanol–water partition coefficient (Wildman–Crippen LogP) is -0.229. The fourth-order valence-corrected chi connectivity index (χ4v) is 0. The van der Waals surface area contributed by atoms with E-state index in [1.807, 2.05) is 0 Å². The van der Waals surface area contributed by atoms with Gasteiger partial charge in [0.05, 0.1) is 0 Å². The van der Waals surface area contributed by atoms with E-state index in [2.05, 4.69) is 0 Å². The van der Waals surface area contributed by atoms with Crippen LogP contribution in [0.1, 0.15) is 0 Å². The van der Waals surface area contributed by atoms with E-state index >= 15 is 0 Å². The van der Waals surface area contributed by atoms with E-state index in [4.69, 9.17) is 9.90 Å². The molecule has 0 radical (unpaired) electrons. The second-order valence-corrected chi connectivity index (χ2v) is 0.0913. The van der Waals surface area contributed by atoms with Crippen LogP contribution in [0.15, 0.2) is 0 Å². The molecule has 0 spiro atoms. The van der Waals surface area contributed by atoms with Crippen molar-refractivity contribution in [3.8, 4) is 0 Å². The van der Waals surface area contributed by atoms with E-state index in [-0.39, 0.29) is 25.6 Å². The Balaban J connectivity index is -0.0000000200. The molecule has 4 heteroatoms. The van der Waals surface area contributed by atoms with Crippen molar-refractivity contribution in [1.82, 2.24) is 6.15 Å². The van der Waals surface area contributed by atoms with Gasteiger partial charge in [0.1, 0.15) is 0 Å². The summed E-state index contributed by atoms with van der Waals surface area (Å²) in [5, 5.41) is 6.76. The summed E-state index contributed by atoms with van der Waals surface area (Å²) in [6.45, 7) is 0.500. The molecule has 0 saturated carbocycles. The molecule has 5 heavy (non-hydrogen) atoms. The van der Waals surface area contributed by atoms with Crippen molar-refractivity contribution in [1.29, 1.82) is 0 Å². The van der Waals surface area contributed by atoms with Gasteiger partial charge in [0.2, 0.25) is 0 Å². The smallest absolute Gasteiger partial charge is 0 e. The number of hydrogen-bond donors (Lipinski definition) is 2. The Bertz CT molecular complexity index is 17.1. The van der Waals surface area contributed by atoms with Gasteiger partial charge in [0.15, 0.2) is 0 Å². The molecule has 0 heterocycles. The summed E-state index contributed by atoms with van der Waals surface area (Å²) in [5.74, 6) is 0. The molecule has 4 N–H and O–H groups in total. The molecule has 0 fully saturated rings. The maximum Gasteiger partial charge on any atom is 0 e. The van der Waals surface area contributed by atoms with Crippen molar-refractivity contribution in [2.45, 2.75) is 0 Å². The van der Waals surface area contributed by atoms with Crippen molar-refractivity contribution in [3.63, 3.8) is 0 Å². The summed E-state index contributed by atoms with van der Waals surface area (Å²) in [6.07, 6.45) is 0. The van der Waals surface area contributed by atoms with Gasteiger partial charge in [-0.1, -0.05) is 6.47 Å². The van der Waals surface area contributed by atoms with Crippen molar-refractivity contribution in [3.05, 3.63) is 0 Å². The summed E-state index contributed by atoms with van der Waals surface area (Å²) in [6, 6.07) is 0. The minimum atomic E-state index is 0. The molecule has 0 aromatic heterocycles. The number of rotatable bonds is 0. The molecule has 0 aliphatic carbocycles. The number of hydrogen-bond acceptors (Lipinski definition) is 2. The molecular weight excluding hydrogens is 123 g/mol. The van der Waals surface area contributed by atoms with E-state index in [0.717, 1.165) is 0 Å². The average molecular weight is 127 g/mol. The molecule has 0 rings (SSSR count). The van der Waals surface area contributed by atoms with Crippen molar-refractivity contribution >= 4 is 6.47 Å². The Labute approximate surface area is 42.7 Å². The number of aliphatic hydroxyl groups excluding tert-OH is 1. The van der Waals surface area contributed by atoms with Crippen LogP contribution in [-0.2, 0) is 24.3 Å². The van der Waals surface area contributed by atoms with Crippen molar-refractivity contribution in [2.24, 2.45) is 0 Å². The molecule has 0 bridgehead atoms. The summed E-state index contributed by atoms with van der Waals surface area (Å²) in [4.78, 5) is 8.24. The molecule has 0 amide bonds. The SMILES string of the molecule is N.O=[C-]O.[Zn]. The van der Waals surface area contributed by atoms with Crippen LogP contribution < -0.4 is 6.15 Å².